The molecule has 37 heavy (non-hydrogen) atoms. The van der Waals surface area contributed by atoms with Gasteiger partial charge in [0, 0.05) is 54.4 Å². The molecule has 1 aliphatic rings. The molecule has 188 valence electrons. The summed E-state index contributed by atoms with van der Waals surface area (Å²) >= 11 is 6.18. The van der Waals surface area contributed by atoms with Crippen molar-refractivity contribution in [1.82, 2.24) is 24.5 Å². The molecule has 0 saturated carbocycles. The second kappa shape index (κ2) is 10.4. The van der Waals surface area contributed by atoms with Crippen molar-refractivity contribution >= 4 is 39.8 Å². The summed E-state index contributed by atoms with van der Waals surface area (Å²) in [4.78, 5) is 14.7. The van der Waals surface area contributed by atoms with Crippen molar-refractivity contribution in [3.05, 3.63) is 83.4 Å². The molecule has 7 nitrogen and oxygen atoms in total. The van der Waals surface area contributed by atoms with Gasteiger partial charge in [0.05, 0.1) is 5.52 Å². The SMILES string of the molecule is Cc1cccc(-c2nc3c4ccccc4nc(NCCCN4CCN(c5cccc(Cl)c5)CC4)n3n2)c1. The van der Waals surface area contributed by atoms with Crippen molar-refractivity contribution in [2.24, 2.45) is 0 Å². The molecule has 0 aliphatic carbocycles. The second-order valence-electron chi connectivity index (χ2n) is 9.58. The molecule has 0 spiro atoms. The fourth-order valence-electron chi connectivity index (χ4n) is 4.98. The molecule has 0 radical (unpaired) electrons. The number of benzene rings is 3. The van der Waals surface area contributed by atoms with Gasteiger partial charge in [-0.1, -0.05) is 53.6 Å². The molecule has 1 N–H and O–H groups in total. The van der Waals surface area contributed by atoms with Crippen LogP contribution < -0.4 is 10.2 Å². The van der Waals surface area contributed by atoms with Crippen molar-refractivity contribution in [1.29, 1.82) is 0 Å². The summed E-state index contributed by atoms with van der Waals surface area (Å²) in [5.74, 6) is 1.44. The Balaban J connectivity index is 1.13. The van der Waals surface area contributed by atoms with E-state index in [1.807, 2.05) is 47.0 Å². The summed E-state index contributed by atoms with van der Waals surface area (Å²) in [7, 11) is 0. The number of hydrogen-bond donors (Lipinski definition) is 1. The first-order chi connectivity index (χ1) is 18.1. The third-order valence-electron chi connectivity index (χ3n) is 6.94. The standard InChI is InChI=1S/C29H30ClN7/c1-21-7-4-8-22(19-21)27-33-28-25-11-2-3-12-26(25)32-29(37(28)34-27)31-13-6-14-35-15-17-36(18-16-35)24-10-5-9-23(30)20-24/h2-5,7-12,19-20H,6,13-18H2,1H3,(H,31,32). The lowest BCUT2D eigenvalue weighted by Crippen LogP contribution is -2.46. The predicted octanol–water partition coefficient (Wildman–Crippen LogP) is 5.53. The zero-order chi connectivity index (χ0) is 25.2. The Morgan fingerprint density at radius 3 is 2.57 bits per heavy atom. The smallest absolute Gasteiger partial charge is 0.226 e. The molecule has 0 unspecified atom stereocenters. The van der Waals surface area contributed by atoms with Crippen LogP contribution in [0.4, 0.5) is 11.6 Å². The lowest BCUT2D eigenvalue weighted by molar-refractivity contribution is 0.257. The minimum Gasteiger partial charge on any atom is -0.369 e. The molecule has 0 atom stereocenters. The molecule has 5 aromatic rings. The van der Waals surface area contributed by atoms with E-state index in [-0.39, 0.29) is 0 Å². The quantitative estimate of drug-likeness (QED) is 0.290. The first-order valence-corrected chi connectivity index (χ1v) is 13.2. The molecule has 8 heteroatoms. The van der Waals surface area contributed by atoms with Gasteiger partial charge >= 0.3 is 0 Å². The van der Waals surface area contributed by atoms with Crippen LogP contribution in [0.15, 0.2) is 72.8 Å². The van der Waals surface area contributed by atoms with Crippen LogP contribution in [0.1, 0.15) is 12.0 Å². The Bertz CT molecular complexity index is 1540. The summed E-state index contributed by atoms with van der Waals surface area (Å²) in [5, 5.41) is 10.2. The zero-order valence-electron chi connectivity index (χ0n) is 20.9. The largest absolute Gasteiger partial charge is 0.369 e. The van der Waals surface area contributed by atoms with Crippen LogP contribution in [-0.2, 0) is 0 Å². The van der Waals surface area contributed by atoms with Crippen molar-refractivity contribution in [3.63, 3.8) is 0 Å². The van der Waals surface area contributed by atoms with Crippen LogP contribution in [0, 0.1) is 6.92 Å². The summed E-state index contributed by atoms with van der Waals surface area (Å²) in [6.07, 6.45) is 1.02. The Labute approximate surface area is 221 Å². The first-order valence-electron chi connectivity index (χ1n) is 12.8. The van der Waals surface area contributed by atoms with E-state index in [0.29, 0.717) is 5.82 Å². The highest BCUT2D eigenvalue weighted by Crippen LogP contribution is 2.25. The van der Waals surface area contributed by atoms with Gasteiger partial charge in [-0.25, -0.2) is 9.97 Å². The minimum atomic E-state index is 0.711. The van der Waals surface area contributed by atoms with Crippen LogP contribution in [0.5, 0.6) is 0 Å². The van der Waals surface area contributed by atoms with Crippen LogP contribution in [0.25, 0.3) is 27.9 Å². The summed E-state index contributed by atoms with van der Waals surface area (Å²) in [6, 6.07) is 24.5. The minimum absolute atomic E-state index is 0.711. The average Bonchev–Trinajstić information content (AvgIpc) is 3.38. The van der Waals surface area contributed by atoms with Gasteiger partial charge < -0.3 is 10.2 Å². The van der Waals surface area contributed by atoms with E-state index in [1.165, 1.54) is 11.3 Å². The molecule has 1 aliphatic heterocycles. The molecule has 0 amide bonds. The van der Waals surface area contributed by atoms with Gasteiger partial charge in [-0.2, -0.15) is 4.52 Å². The van der Waals surface area contributed by atoms with Crippen molar-refractivity contribution in [2.75, 3.05) is 49.5 Å². The number of rotatable bonds is 7. The average molecular weight is 512 g/mol. The van der Waals surface area contributed by atoms with Crippen molar-refractivity contribution in [2.45, 2.75) is 13.3 Å². The molecule has 1 saturated heterocycles. The Kier molecular flexibility index (Phi) is 6.64. The van der Waals surface area contributed by atoms with Gasteiger partial charge in [0.15, 0.2) is 11.5 Å². The summed E-state index contributed by atoms with van der Waals surface area (Å²) < 4.78 is 1.85. The van der Waals surface area contributed by atoms with E-state index in [2.05, 4.69) is 52.4 Å². The molecular formula is C29H30ClN7. The van der Waals surface area contributed by atoms with Crippen LogP contribution >= 0.6 is 11.6 Å². The number of hydrogen-bond acceptors (Lipinski definition) is 6. The normalized spacial score (nSPS) is 14.5. The van der Waals surface area contributed by atoms with Crippen molar-refractivity contribution in [3.8, 4) is 11.4 Å². The number of nitrogens with zero attached hydrogens (tertiary/aromatic N) is 6. The molecule has 1 fully saturated rings. The zero-order valence-corrected chi connectivity index (χ0v) is 21.7. The van der Waals surface area contributed by atoms with E-state index in [4.69, 9.17) is 26.7 Å². The number of anilines is 2. The monoisotopic (exact) mass is 511 g/mol. The lowest BCUT2D eigenvalue weighted by atomic mass is 10.1. The molecule has 3 heterocycles. The second-order valence-corrected chi connectivity index (χ2v) is 10.0. The number of para-hydroxylation sites is 1. The highest BCUT2D eigenvalue weighted by atomic mass is 35.5. The number of aryl methyl sites for hydroxylation is 1. The number of aromatic nitrogens is 4. The summed E-state index contributed by atoms with van der Waals surface area (Å²) in [5.41, 5.74) is 5.14. The molecule has 2 aromatic heterocycles. The maximum absolute atomic E-state index is 6.18. The molecule has 6 rings (SSSR count). The van der Waals surface area contributed by atoms with E-state index < -0.39 is 0 Å². The Hall–Kier alpha value is -3.68. The molecular weight excluding hydrogens is 482 g/mol. The lowest BCUT2D eigenvalue weighted by Gasteiger charge is -2.36. The Morgan fingerprint density at radius 1 is 0.892 bits per heavy atom. The number of fused-ring (bicyclic) bond motifs is 3. The van der Waals surface area contributed by atoms with E-state index >= 15 is 0 Å². The maximum Gasteiger partial charge on any atom is 0.226 e. The van der Waals surface area contributed by atoms with E-state index in [9.17, 15) is 0 Å². The van der Waals surface area contributed by atoms with Crippen LogP contribution in [0.2, 0.25) is 5.02 Å². The highest BCUT2D eigenvalue weighted by molar-refractivity contribution is 6.30. The van der Waals surface area contributed by atoms with Gasteiger partial charge in [0.1, 0.15) is 0 Å². The Morgan fingerprint density at radius 2 is 1.73 bits per heavy atom. The van der Waals surface area contributed by atoms with Crippen LogP contribution in [0.3, 0.4) is 0 Å². The predicted molar refractivity (Wildman–Crippen MR) is 152 cm³/mol. The van der Waals surface area contributed by atoms with Crippen LogP contribution in [-0.4, -0.2) is 63.8 Å². The highest BCUT2D eigenvalue weighted by Gasteiger charge is 2.18. The molecule has 3 aromatic carbocycles. The fraction of sp³-hybridized carbons (Fsp3) is 0.276. The number of halogens is 1. The molecule has 0 bridgehead atoms. The number of piperazine rings is 1. The number of nitrogens with one attached hydrogen (secondary N) is 1. The maximum atomic E-state index is 6.18. The first kappa shape index (κ1) is 23.7. The van der Waals surface area contributed by atoms with Gasteiger partial charge in [-0.15, -0.1) is 5.10 Å². The fourth-order valence-corrected chi connectivity index (χ4v) is 5.17. The van der Waals surface area contributed by atoms with Gasteiger partial charge in [0.25, 0.3) is 0 Å². The van der Waals surface area contributed by atoms with Crippen molar-refractivity contribution < 1.29 is 0 Å². The van der Waals surface area contributed by atoms with E-state index in [0.717, 1.165) is 78.8 Å². The summed E-state index contributed by atoms with van der Waals surface area (Å²) in [6.45, 7) is 8.07. The van der Waals surface area contributed by atoms with Gasteiger partial charge in [0.2, 0.25) is 5.95 Å². The van der Waals surface area contributed by atoms with Gasteiger partial charge in [-0.05, 0) is 56.3 Å². The third kappa shape index (κ3) is 5.10. The third-order valence-corrected chi connectivity index (χ3v) is 7.17. The topological polar surface area (TPSA) is 61.6 Å². The van der Waals surface area contributed by atoms with Gasteiger partial charge in [-0.3, -0.25) is 4.90 Å². The van der Waals surface area contributed by atoms with E-state index in [1.54, 1.807) is 0 Å².